The second-order valence-electron chi connectivity index (χ2n) is 5.43. The van der Waals surface area contributed by atoms with Crippen LogP contribution < -0.4 is 5.32 Å². The Balaban J connectivity index is 1.83. The van der Waals surface area contributed by atoms with Crippen molar-refractivity contribution >= 4 is 11.6 Å². The predicted octanol–water partition coefficient (Wildman–Crippen LogP) is 1.31. The fourth-order valence-corrected chi connectivity index (χ4v) is 2.50. The molecule has 1 saturated heterocycles. The summed E-state index contributed by atoms with van der Waals surface area (Å²) >= 11 is 0. The molecule has 1 fully saturated rings. The summed E-state index contributed by atoms with van der Waals surface area (Å²) in [6, 6.07) is 3.71. The van der Waals surface area contributed by atoms with E-state index in [0.29, 0.717) is 5.69 Å². The van der Waals surface area contributed by atoms with E-state index in [1.807, 2.05) is 11.0 Å². The number of methoxy groups -OCH3 is 1. The molecule has 1 aliphatic heterocycles. The average molecular weight is 306 g/mol. The lowest BCUT2D eigenvalue weighted by Gasteiger charge is -2.33. The molecule has 1 aromatic heterocycles. The van der Waals surface area contributed by atoms with Crippen LogP contribution in [0, 0.1) is 0 Å². The lowest BCUT2D eigenvalue weighted by atomic mass is 10.2. The maximum Gasteiger partial charge on any atom is 0.272 e. The molecule has 0 radical (unpaired) electrons. The summed E-state index contributed by atoms with van der Waals surface area (Å²) in [6.45, 7) is 8.23. The van der Waals surface area contributed by atoms with Crippen molar-refractivity contribution in [1.82, 2.24) is 14.8 Å². The van der Waals surface area contributed by atoms with Crippen molar-refractivity contribution in [3.63, 3.8) is 0 Å². The van der Waals surface area contributed by atoms with E-state index in [1.54, 1.807) is 19.4 Å². The van der Waals surface area contributed by atoms with Crippen LogP contribution in [0.4, 0.5) is 5.69 Å². The van der Waals surface area contributed by atoms with Gasteiger partial charge < -0.3 is 19.9 Å². The number of likely N-dealkylation sites (N-methyl/N-ethyl adjacent to an activating group) is 1. The molecule has 0 saturated carbocycles. The molecule has 1 aliphatic rings. The summed E-state index contributed by atoms with van der Waals surface area (Å²) in [7, 11) is 1.70. The zero-order valence-corrected chi connectivity index (χ0v) is 13.5. The van der Waals surface area contributed by atoms with E-state index >= 15 is 0 Å². The number of piperazine rings is 1. The molecular formula is C16H26N4O2. The normalized spacial score (nSPS) is 15.8. The van der Waals surface area contributed by atoms with E-state index in [9.17, 15) is 4.79 Å². The molecule has 2 heterocycles. The predicted molar refractivity (Wildman–Crippen MR) is 87.2 cm³/mol. The van der Waals surface area contributed by atoms with Crippen molar-refractivity contribution < 1.29 is 9.53 Å². The molecule has 0 spiro atoms. The molecule has 122 valence electrons. The number of aromatic nitrogens is 1. The number of rotatable bonds is 7. The van der Waals surface area contributed by atoms with Gasteiger partial charge in [0, 0.05) is 46.4 Å². The summed E-state index contributed by atoms with van der Waals surface area (Å²) in [4.78, 5) is 20.9. The second kappa shape index (κ2) is 8.70. The standard InChI is InChI=1S/C16H26N4O2/c1-3-19-8-10-20(11-9-19)16(21)15-6-5-14(13-18-15)17-7-4-12-22-2/h5-6,13,17H,3-4,7-12H2,1-2H3. The highest BCUT2D eigenvalue weighted by Crippen LogP contribution is 2.10. The van der Waals surface area contributed by atoms with E-state index in [2.05, 4.69) is 22.1 Å². The number of ether oxygens (including phenoxy) is 1. The minimum atomic E-state index is 0.0293. The number of amides is 1. The van der Waals surface area contributed by atoms with Crippen LogP contribution in [0.25, 0.3) is 0 Å². The van der Waals surface area contributed by atoms with Crippen molar-refractivity contribution in [1.29, 1.82) is 0 Å². The van der Waals surface area contributed by atoms with Crippen LogP contribution in [0.3, 0.4) is 0 Å². The Morgan fingerprint density at radius 2 is 2.09 bits per heavy atom. The molecule has 1 aromatic rings. The Kier molecular flexibility index (Phi) is 6.61. The molecule has 0 bridgehead atoms. The summed E-state index contributed by atoms with van der Waals surface area (Å²) in [5.74, 6) is 0.0293. The molecule has 22 heavy (non-hydrogen) atoms. The maximum absolute atomic E-state index is 12.4. The third-order valence-corrected chi connectivity index (χ3v) is 3.94. The summed E-state index contributed by atoms with van der Waals surface area (Å²) < 4.78 is 5.00. The van der Waals surface area contributed by atoms with Crippen molar-refractivity contribution in [3.05, 3.63) is 24.0 Å². The van der Waals surface area contributed by atoms with Gasteiger partial charge in [0.15, 0.2) is 0 Å². The Bertz CT molecular complexity index is 456. The van der Waals surface area contributed by atoms with Gasteiger partial charge in [-0.25, -0.2) is 4.98 Å². The van der Waals surface area contributed by atoms with Crippen LogP contribution in [-0.2, 0) is 4.74 Å². The molecule has 6 heteroatoms. The first-order valence-electron chi connectivity index (χ1n) is 7.95. The van der Waals surface area contributed by atoms with Gasteiger partial charge in [0.1, 0.15) is 5.69 Å². The Hall–Kier alpha value is -1.66. The van der Waals surface area contributed by atoms with Crippen LogP contribution in [0.15, 0.2) is 18.3 Å². The van der Waals surface area contributed by atoms with Gasteiger partial charge in [-0.15, -0.1) is 0 Å². The lowest BCUT2D eigenvalue weighted by molar-refractivity contribution is 0.0637. The van der Waals surface area contributed by atoms with Crippen molar-refractivity contribution in [2.24, 2.45) is 0 Å². The Morgan fingerprint density at radius 1 is 1.32 bits per heavy atom. The highest BCUT2D eigenvalue weighted by molar-refractivity contribution is 5.92. The molecule has 0 unspecified atom stereocenters. The fourth-order valence-electron chi connectivity index (χ4n) is 2.50. The van der Waals surface area contributed by atoms with Crippen LogP contribution in [0.1, 0.15) is 23.8 Å². The third kappa shape index (κ3) is 4.68. The Morgan fingerprint density at radius 3 is 2.68 bits per heavy atom. The van der Waals surface area contributed by atoms with Crippen LogP contribution >= 0.6 is 0 Å². The number of hydrogen-bond donors (Lipinski definition) is 1. The molecule has 6 nitrogen and oxygen atoms in total. The summed E-state index contributed by atoms with van der Waals surface area (Å²) in [5, 5.41) is 3.26. The number of hydrogen-bond acceptors (Lipinski definition) is 5. The summed E-state index contributed by atoms with van der Waals surface area (Å²) in [5.41, 5.74) is 1.45. The second-order valence-corrected chi connectivity index (χ2v) is 5.43. The van der Waals surface area contributed by atoms with E-state index in [1.165, 1.54) is 0 Å². The van der Waals surface area contributed by atoms with Gasteiger partial charge in [-0.3, -0.25) is 4.79 Å². The number of nitrogens with one attached hydrogen (secondary N) is 1. The van der Waals surface area contributed by atoms with Gasteiger partial charge in [0.2, 0.25) is 0 Å². The number of anilines is 1. The topological polar surface area (TPSA) is 57.7 Å². The van der Waals surface area contributed by atoms with E-state index in [0.717, 1.165) is 58.0 Å². The molecule has 2 rings (SSSR count). The van der Waals surface area contributed by atoms with E-state index in [-0.39, 0.29) is 5.91 Å². The molecule has 0 aromatic carbocycles. The number of carbonyl (C=O) groups excluding carboxylic acids is 1. The fraction of sp³-hybridized carbons (Fsp3) is 0.625. The SMILES string of the molecule is CCN1CCN(C(=O)c2ccc(NCCCOC)cn2)CC1. The minimum absolute atomic E-state index is 0.0293. The first-order valence-corrected chi connectivity index (χ1v) is 7.95. The largest absolute Gasteiger partial charge is 0.385 e. The third-order valence-electron chi connectivity index (χ3n) is 3.94. The van der Waals surface area contributed by atoms with E-state index < -0.39 is 0 Å². The Labute approximate surface area is 132 Å². The highest BCUT2D eigenvalue weighted by atomic mass is 16.5. The van der Waals surface area contributed by atoms with Crippen LogP contribution in [0.5, 0.6) is 0 Å². The van der Waals surface area contributed by atoms with E-state index in [4.69, 9.17) is 4.74 Å². The number of nitrogens with zero attached hydrogens (tertiary/aromatic N) is 3. The van der Waals surface area contributed by atoms with Gasteiger partial charge in [-0.2, -0.15) is 0 Å². The zero-order valence-electron chi connectivity index (χ0n) is 13.5. The zero-order chi connectivity index (χ0) is 15.8. The quantitative estimate of drug-likeness (QED) is 0.770. The minimum Gasteiger partial charge on any atom is -0.385 e. The first kappa shape index (κ1) is 16.7. The number of carbonyl (C=O) groups is 1. The highest BCUT2D eigenvalue weighted by Gasteiger charge is 2.21. The van der Waals surface area contributed by atoms with Crippen molar-refractivity contribution in [2.75, 3.05) is 58.3 Å². The van der Waals surface area contributed by atoms with Crippen LogP contribution in [-0.4, -0.2) is 73.7 Å². The van der Waals surface area contributed by atoms with Gasteiger partial charge in [0.25, 0.3) is 5.91 Å². The van der Waals surface area contributed by atoms with Gasteiger partial charge in [-0.05, 0) is 25.1 Å². The lowest BCUT2D eigenvalue weighted by Crippen LogP contribution is -2.48. The monoisotopic (exact) mass is 306 g/mol. The van der Waals surface area contributed by atoms with Crippen LogP contribution in [0.2, 0.25) is 0 Å². The van der Waals surface area contributed by atoms with Gasteiger partial charge >= 0.3 is 0 Å². The smallest absolute Gasteiger partial charge is 0.272 e. The molecule has 1 N–H and O–H groups in total. The van der Waals surface area contributed by atoms with Crippen molar-refractivity contribution in [3.8, 4) is 0 Å². The van der Waals surface area contributed by atoms with Gasteiger partial charge in [0.05, 0.1) is 11.9 Å². The van der Waals surface area contributed by atoms with Gasteiger partial charge in [-0.1, -0.05) is 6.92 Å². The number of pyridine rings is 1. The van der Waals surface area contributed by atoms with Crippen molar-refractivity contribution in [2.45, 2.75) is 13.3 Å². The first-order chi connectivity index (χ1) is 10.7. The molecule has 0 atom stereocenters. The molecular weight excluding hydrogens is 280 g/mol. The summed E-state index contributed by atoms with van der Waals surface area (Å²) in [6.07, 6.45) is 2.67. The maximum atomic E-state index is 12.4. The average Bonchev–Trinajstić information content (AvgIpc) is 2.59. The molecule has 1 amide bonds. The molecule has 0 aliphatic carbocycles.